The molecule has 2 aliphatic rings. The molecule has 0 radical (unpaired) electrons. The molecule has 1 aliphatic carbocycles. The van der Waals surface area contributed by atoms with Crippen LogP contribution in [0.1, 0.15) is 36.8 Å². The second-order valence-electron chi connectivity index (χ2n) is 7.68. The van der Waals surface area contributed by atoms with Crippen molar-refractivity contribution in [3.63, 3.8) is 0 Å². The minimum atomic E-state index is -1.03. The Kier molecular flexibility index (Phi) is 6.88. The molecule has 2 unspecified atom stereocenters. The van der Waals surface area contributed by atoms with E-state index >= 15 is 0 Å². The molecule has 9 heteroatoms. The topological polar surface area (TPSA) is 77.0 Å². The highest BCUT2D eigenvalue weighted by molar-refractivity contribution is 8.15. The molecule has 0 spiro atoms. The van der Waals surface area contributed by atoms with Gasteiger partial charge in [-0.25, -0.2) is 19.1 Å². The highest BCUT2D eigenvalue weighted by Crippen LogP contribution is 2.50. The van der Waals surface area contributed by atoms with Crippen molar-refractivity contribution in [2.24, 2.45) is 5.10 Å². The number of nitrogens with one attached hydrogen (secondary N) is 2. The van der Waals surface area contributed by atoms with Crippen molar-refractivity contribution in [2.75, 3.05) is 6.54 Å². The fourth-order valence-electron chi connectivity index (χ4n) is 4.02. The Bertz CT molecular complexity index is 1030. The van der Waals surface area contributed by atoms with Crippen LogP contribution >= 0.6 is 11.8 Å². The second kappa shape index (κ2) is 9.81. The molecule has 0 bridgehead atoms. The average molecular weight is 459 g/mol. The third kappa shape index (κ3) is 4.55. The maximum atomic E-state index is 14.5. The van der Waals surface area contributed by atoms with Crippen LogP contribution in [-0.2, 0) is 4.87 Å². The third-order valence-corrected chi connectivity index (χ3v) is 7.03. The van der Waals surface area contributed by atoms with Crippen LogP contribution in [0.5, 0.6) is 0 Å². The van der Waals surface area contributed by atoms with Gasteiger partial charge in [0.05, 0.1) is 0 Å². The molecule has 6 nitrogen and oxygen atoms in total. The number of hydrogen-bond donors (Lipinski definition) is 3. The predicted octanol–water partition coefficient (Wildman–Crippen LogP) is 4.72. The standard InChI is InChI=1S/C23H24F2N4O2S/c24-17-11-12-20(25)19(15-17)21-27-29(22(30)28-31)23(32-21,16-7-2-1-3-8-16)13-6-14-26-18-9-4-5-10-18/h1-4,7-9,11-12,15,18,26,31H,5-6,10,13-14H2,(H,28,30). The molecular formula is C23H24F2N4O2S. The number of rotatable bonds is 7. The second-order valence-corrected chi connectivity index (χ2v) is 8.95. The molecule has 168 valence electrons. The summed E-state index contributed by atoms with van der Waals surface area (Å²) in [6.07, 6.45) is 7.58. The monoisotopic (exact) mass is 458 g/mol. The van der Waals surface area contributed by atoms with E-state index in [-0.39, 0.29) is 10.6 Å². The molecule has 3 N–H and O–H groups in total. The van der Waals surface area contributed by atoms with Crippen molar-refractivity contribution >= 4 is 22.8 Å². The smallest absolute Gasteiger partial charge is 0.311 e. The van der Waals surface area contributed by atoms with Gasteiger partial charge in [-0.2, -0.15) is 10.1 Å². The van der Waals surface area contributed by atoms with E-state index in [0.717, 1.165) is 41.6 Å². The van der Waals surface area contributed by atoms with Crippen LogP contribution in [0.2, 0.25) is 0 Å². The third-order valence-electron chi connectivity index (χ3n) is 5.58. The van der Waals surface area contributed by atoms with Gasteiger partial charge in [0.15, 0.2) is 0 Å². The fraction of sp³-hybridized carbons (Fsp3) is 0.304. The summed E-state index contributed by atoms with van der Waals surface area (Å²) >= 11 is 1.18. The van der Waals surface area contributed by atoms with Crippen LogP contribution in [0.15, 0.2) is 65.8 Å². The number of benzene rings is 2. The van der Waals surface area contributed by atoms with Gasteiger partial charge in [-0.05, 0) is 56.0 Å². The van der Waals surface area contributed by atoms with Gasteiger partial charge in [-0.1, -0.05) is 54.2 Å². The number of carbonyl (C=O) groups is 1. The van der Waals surface area contributed by atoms with E-state index in [0.29, 0.717) is 25.4 Å². The van der Waals surface area contributed by atoms with Gasteiger partial charge < -0.3 is 5.32 Å². The number of thioether (sulfide) groups is 1. The van der Waals surface area contributed by atoms with E-state index in [2.05, 4.69) is 22.6 Å². The molecule has 0 fully saturated rings. The Labute approximate surface area is 189 Å². The molecule has 0 saturated heterocycles. The zero-order chi connectivity index (χ0) is 22.6. The zero-order valence-electron chi connectivity index (χ0n) is 17.3. The summed E-state index contributed by atoms with van der Waals surface area (Å²) < 4.78 is 28.4. The van der Waals surface area contributed by atoms with E-state index in [1.165, 1.54) is 11.8 Å². The Morgan fingerprint density at radius 3 is 2.78 bits per heavy atom. The number of hydrogen-bond acceptors (Lipinski definition) is 5. The summed E-state index contributed by atoms with van der Waals surface area (Å²) in [5, 5.41) is 18.5. The largest absolute Gasteiger partial charge is 0.363 e. The van der Waals surface area contributed by atoms with E-state index in [9.17, 15) is 18.8 Å². The lowest BCUT2D eigenvalue weighted by Gasteiger charge is -2.35. The highest BCUT2D eigenvalue weighted by Gasteiger charge is 2.48. The Morgan fingerprint density at radius 1 is 1.25 bits per heavy atom. The van der Waals surface area contributed by atoms with Gasteiger partial charge in [-0.15, -0.1) is 0 Å². The van der Waals surface area contributed by atoms with Crippen LogP contribution in [-0.4, -0.2) is 33.9 Å². The molecule has 2 aromatic rings. The summed E-state index contributed by atoms with van der Waals surface area (Å²) in [5.41, 5.74) is 2.38. The van der Waals surface area contributed by atoms with E-state index in [4.69, 9.17) is 0 Å². The summed E-state index contributed by atoms with van der Waals surface area (Å²) in [6, 6.07) is 11.9. The van der Waals surface area contributed by atoms with Gasteiger partial charge in [0, 0.05) is 11.6 Å². The Hall–Kier alpha value is -2.75. The number of carbonyl (C=O) groups excluding carboxylic acids is 1. The van der Waals surface area contributed by atoms with Gasteiger partial charge in [0.25, 0.3) is 0 Å². The maximum absolute atomic E-state index is 14.5. The lowest BCUT2D eigenvalue weighted by Crippen LogP contribution is -2.46. The number of allylic oxidation sites excluding steroid dienone is 1. The quantitative estimate of drug-likeness (QED) is 0.243. The lowest BCUT2D eigenvalue weighted by atomic mass is 10.0. The molecular weight excluding hydrogens is 434 g/mol. The summed E-state index contributed by atoms with van der Waals surface area (Å²) in [4.78, 5) is 11.6. The number of hydroxylamine groups is 1. The Balaban J connectivity index is 1.66. The van der Waals surface area contributed by atoms with E-state index in [1.54, 1.807) is 5.48 Å². The van der Waals surface area contributed by atoms with Crippen molar-refractivity contribution in [1.82, 2.24) is 15.8 Å². The van der Waals surface area contributed by atoms with E-state index < -0.39 is 22.5 Å². The number of nitrogens with zero attached hydrogens (tertiary/aromatic N) is 2. The SMILES string of the molecule is O=C(NO)N1N=C(c2cc(F)ccc2F)SC1(CCCNC1C=CCC1)c1ccccc1. The fourth-order valence-corrected chi connectivity index (χ4v) is 5.44. The predicted molar refractivity (Wildman–Crippen MR) is 120 cm³/mol. The van der Waals surface area contributed by atoms with Crippen molar-refractivity contribution in [1.29, 1.82) is 0 Å². The van der Waals surface area contributed by atoms with Crippen LogP contribution in [0.25, 0.3) is 0 Å². The van der Waals surface area contributed by atoms with Gasteiger partial charge in [-0.3, -0.25) is 5.21 Å². The van der Waals surface area contributed by atoms with Gasteiger partial charge in [0.1, 0.15) is 21.5 Å². The molecule has 32 heavy (non-hydrogen) atoms. The summed E-state index contributed by atoms with van der Waals surface area (Å²) in [5.74, 6) is -1.24. The average Bonchev–Trinajstić information content (AvgIpc) is 3.47. The zero-order valence-corrected chi connectivity index (χ0v) is 18.1. The van der Waals surface area contributed by atoms with Crippen molar-refractivity contribution in [3.8, 4) is 0 Å². The van der Waals surface area contributed by atoms with Crippen molar-refractivity contribution in [2.45, 2.75) is 36.6 Å². The molecule has 2 atom stereocenters. The van der Waals surface area contributed by atoms with E-state index in [1.807, 2.05) is 30.3 Å². The summed E-state index contributed by atoms with van der Waals surface area (Å²) in [7, 11) is 0. The number of hydrazone groups is 1. The molecule has 1 heterocycles. The van der Waals surface area contributed by atoms with Crippen LogP contribution in [0, 0.1) is 11.6 Å². The highest BCUT2D eigenvalue weighted by atomic mass is 32.2. The number of halogens is 2. The molecule has 2 amide bonds. The van der Waals surface area contributed by atoms with Crippen LogP contribution in [0.4, 0.5) is 13.6 Å². The molecule has 2 aromatic carbocycles. The molecule has 0 aromatic heterocycles. The lowest BCUT2D eigenvalue weighted by molar-refractivity contribution is 0.107. The number of urea groups is 1. The van der Waals surface area contributed by atoms with Crippen molar-refractivity contribution in [3.05, 3.63) is 83.4 Å². The first-order valence-corrected chi connectivity index (χ1v) is 11.3. The summed E-state index contributed by atoms with van der Waals surface area (Å²) in [6.45, 7) is 0.711. The van der Waals surface area contributed by atoms with Gasteiger partial charge in [0.2, 0.25) is 0 Å². The first kappa shape index (κ1) is 22.4. The minimum absolute atomic E-state index is 0.0298. The Morgan fingerprint density at radius 2 is 2.06 bits per heavy atom. The molecule has 1 aliphatic heterocycles. The normalized spacial score (nSPS) is 22.3. The van der Waals surface area contributed by atoms with Crippen molar-refractivity contribution < 1.29 is 18.8 Å². The minimum Gasteiger partial charge on any atom is -0.311 e. The van der Waals surface area contributed by atoms with Crippen LogP contribution in [0.3, 0.4) is 0 Å². The van der Waals surface area contributed by atoms with Gasteiger partial charge >= 0.3 is 6.03 Å². The molecule has 0 saturated carbocycles. The first-order valence-electron chi connectivity index (χ1n) is 10.5. The first-order chi connectivity index (χ1) is 15.5. The van der Waals surface area contributed by atoms with Crippen LogP contribution < -0.4 is 10.8 Å². The number of amides is 2. The molecule has 4 rings (SSSR count). The maximum Gasteiger partial charge on any atom is 0.363 e.